The van der Waals surface area contributed by atoms with Gasteiger partial charge in [-0.2, -0.15) is 0 Å². The average Bonchev–Trinajstić information content (AvgIpc) is 2.80. The molecule has 0 saturated carbocycles. The molecule has 0 aliphatic carbocycles. The van der Waals surface area contributed by atoms with E-state index in [9.17, 15) is 9.59 Å². The van der Waals surface area contributed by atoms with Crippen molar-refractivity contribution in [3.05, 3.63) is 72.3 Å². The Labute approximate surface area is 182 Å². The second-order valence-corrected chi connectivity index (χ2v) is 7.71. The highest BCUT2D eigenvalue weighted by molar-refractivity contribution is 6.00. The van der Waals surface area contributed by atoms with E-state index in [1.807, 2.05) is 66.7 Å². The first-order valence-corrected chi connectivity index (χ1v) is 10.6. The Balaban J connectivity index is 1.39. The van der Waals surface area contributed by atoms with Crippen molar-refractivity contribution in [1.82, 2.24) is 5.32 Å². The van der Waals surface area contributed by atoms with E-state index in [0.29, 0.717) is 13.2 Å². The number of morpholine rings is 1. The molecule has 2 N–H and O–H groups in total. The van der Waals surface area contributed by atoms with Crippen molar-refractivity contribution in [3.8, 4) is 0 Å². The minimum atomic E-state index is -0.653. The number of carbonyl (C=O) groups is 2. The topological polar surface area (TPSA) is 70.7 Å². The maximum absolute atomic E-state index is 12.8. The number of para-hydroxylation sites is 2. The van der Waals surface area contributed by atoms with Gasteiger partial charge in [0.05, 0.1) is 31.0 Å². The lowest BCUT2D eigenvalue weighted by atomic mass is 10.0. The molecule has 1 unspecified atom stereocenters. The van der Waals surface area contributed by atoms with Crippen LogP contribution in [0.4, 0.5) is 11.4 Å². The van der Waals surface area contributed by atoms with Gasteiger partial charge in [0, 0.05) is 13.1 Å². The fourth-order valence-corrected chi connectivity index (χ4v) is 3.88. The monoisotopic (exact) mass is 417 g/mol. The first kappa shape index (κ1) is 20.9. The Hall–Kier alpha value is -3.38. The summed E-state index contributed by atoms with van der Waals surface area (Å²) in [6, 6.07) is 21.0. The summed E-state index contributed by atoms with van der Waals surface area (Å²) in [4.78, 5) is 27.6. The van der Waals surface area contributed by atoms with E-state index >= 15 is 0 Å². The second-order valence-electron chi connectivity index (χ2n) is 7.71. The van der Waals surface area contributed by atoms with Crippen LogP contribution in [-0.4, -0.2) is 44.2 Å². The maximum atomic E-state index is 12.8. The summed E-state index contributed by atoms with van der Waals surface area (Å²) in [5.41, 5.74) is 2.65. The predicted molar refractivity (Wildman–Crippen MR) is 123 cm³/mol. The first-order valence-electron chi connectivity index (χ1n) is 10.6. The molecule has 6 heteroatoms. The molecule has 1 aliphatic rings. The second kappa shape index (κ2) is 9.62. The minimum absolute atomic E-state index is 0.180. The largest absolute Gasteiger partial charge is 0.378 e. The summed E-state index contributed by atoms with van der Waals surface area (Å²) < 4.78 is 5.42. The van der Waals surface area contributed by atoms with Crippen molar-refractivity contribution in [3.63, 3.8) is 0 Å². The SMILES string of the molecule is CC(NC(=O)Cc1cccc2ccccc12)C(=O)Nc1ccccc1N1CCOCC1. The molecule has 3 aromatic rings. The fourth-order valence-electron chi connectivity index (χ4n) is 3.88. The number of amides is 2. The Morgan fingerprint density at radius 3 is 2.52 bits per heavy atom. The Kier molecular flexibility index (Phi) is 6.48. The Bertz CT molecular complexity index is 1070. The van der Waals surface area contributed by atoms with Gasteiger partial charge in [-0.05, 0) is 35.4 Å². The van der Waals surface area contributed by atoms with E-state index in [4.69, 9.17) is 4.74 Å². The highest BCUT2D eigenvalue weighted by atomic mass is 16.5. The summed E-state index contributed by atoms with van der Waals surface area (Å²) in [6.07, 6.45) is 0.226. The molecular weight excluding hydrogens is 390 g/mol. The molecule has 0 radical (unpaired) electrons. The molecule has 4 rings (SSSR count). The molecule has 1 aliphatic heterocycles. The highest BCUT2D eigenvalue weighted by Crippen LogP contribution is 2.26. The van der Waals surface area contributed by atoms with Crippen LogP contribution >= 0.6 is 0 Å². The third-order valence-corrected chi connectivity index (χ3v) is 5.52. The highest BCUT2D eigenvalue weighted by Gasteiger charge is 2.20. The van der Waals surface area contributed by atoms with Gasteiger partial charge < -0.3 is 20.3 Å². The number of ether oxygens (including phenoxy) is 1. The van der Waals surface area contributed by atoms with Gasteiger partial charge >= 0.3 is 0 Å². The van der Waals surface area contributed by atoms with Crippen molar-refractivity contribution >= 4 is 34.0 Å². The molecule has 1 fully saturated rings. The van der Waals surface area contributed by atoms with Crippen molar-refractivity contribution in [2.75, 3.05) is 36.5 Å². The van der Waals surface area contributed by atoms with Gasteiger partial charge in [-0.25, -0.2) is 0 Å². The van der Waals surface area contributed by atoms with Crippen LogP contribution in [0.3, 0.4) is 0 Å². The van der Waals surface area contributed by atoms with Crippen LogP contribution in [0.25, 0.3) is 10.8 Å². The van der Waals surface area contributed by atoms with Gasteiger partial charge in [-0.3, -0.25) is 9.59 Å². The average molecular weight is 418 g/mol. The fraction of sp³-hybridized carbons (Fsp3) is 0.280. The van der Waals surface area contributed by atoms with Gasteiger partial charge in [0.2, 0.25) is 11.8 Å². The quantitative estimate of drug-likeness (QED) is 0.645. The summed E-state index contributed by atoms with van der Waals surface area (Å²) in [6.45, 7) is 4.61. The van der Waals surface area contributed by atoms with E-state index in [1.54, 1.807) is 6.92 Å². The molecule has 6 nitrogen and oxygen atoms in total. The van der Waals surface area contributed by atoms with E-state index in [0.717, 1.165) is 40.8 Å². The van der Waals surface area contributed by atoms with Crippen molar-refractivity contribution < 1.29 is 14.3 Å². The third-order valence-electron chi connectivity index (χ3n) is 5.52. The Morgan fingerprint density at radius 1 is 0.968 bits per heavy atom. The lowest BCUT2D eigenvalue weighted by molar-refractivity contribution is -0.125. The number of hydrogen-bond acceptors (Lipinski definition) is 4. The van der Waals surface area contributed by atoms with E-state index in [-0.39, 0.29) is 18.2 Å². The molecule has 160 valence electrons. The lowest BCUT2D eigenvalue weighted by Gasteiger charge is -2.30. The van der Waals surface area contributed by atoms with Gasteiger partial charge in [0.15, 0.2) is 0 Å². The molecular formula is C25H27N3O3. The van der Waals surface area contributed by atoms with Crippen LogP contribution in [0.5, 0.6) is 0 Å². The van der Waals surface area contributed by atoms with Gasteiger partial charge in [0.1, 0.15) is 6.04 Å². The van der Waals surface area contributed by atoms with Crippen molar-refractivity contribution in [1.29, 1.82) is 0 Å². The summed E-state index contributed by atoms with van der Waals surface area (Å²) in [5.74, 6) is -0.424. The summed E-state index contributed by atoms with van der Waals surface area (Å²) in [7, 11) is 0. The number of benzene rings is 3. The minimum Gasteiger partial charge on any atom is -0.378 e. The molecule has 2 amide bonds. The van der Waals surface area contributed by atoms with Crippen molar-refractivity contribution in [2.24, 2.45) is 0 Å². The van der Waals surface area contributed by atoms with Gasteiger partial charge in [-0.1, -0.05) is 54.6 Å². The Morgan fingerprint density at radius 2 is 1.68 bits per heavy atom. The lowest BCUT2D eigenvalue weighted by Crippen LogP contribution is -2.42. The number of rotatable bonds is 6. The zero-order chi connectivity index (χ0) is 21.6. The zero-order valence-electron chi connectivity index (χ0n) is 17.6. The third kappa shape index (κ3) is 5.03. The van der Waals surface area contributed by atoms with Crippen LogP contribution in [-0.2, 0) is 20.7 Å². The first-order chi connectivity index (χ1) is 15.1. The maximum Gasteiger partial charge on any atom is 0.246 e. The molecule has 0 bridgehead atoms. The number of nitrogens with zero attached hydrogens (tertiary/aromatic N) is 1. The van der Waals surface area contributed by atoms with Crippen LogP contribution in [0.2, 0.25) is 0 Å². The van der Waals surface area contributed by atoms with Crippen LogP contribution < -0.4 is 15.5 Å². The molecule has 31 heavy (non-hydrogen) atoms. The van der Waals surface area contributed by atoms with E-state index < -0.39 is 6.04 Å². The van der Waals surface area contributed by atoms with E-state index in [1.165, 1.54) is 0 Å². The molecule has 1 saturated heterocycles. The number of anilines is 2. The number of hydrogen-bond donors (Lipinski definition) is 2. The smallest absolute Gasteiger partial charge is 0.246 e. The molecule has 1 atom stereocenters. The molecule has 0 spiro atoms. The number of nitrogens with one attached hydrogen (secondary N) is 2. The van der Waals surface area contributed by atoms with Crippen LogP contribution in [0, 0.1) is 0 Å². The van der Waals surface area contributed by atoms with Gasteiger partial charge in [0.25, 0.3) is 0 Å². The normalized spacial score (nSPS) is 14.8. The van der Waals surface area contributed by atoms with Crippen molar-refractivity contribution in [2.45, 2.75) is 19.4 Å². The summed E-state index contributed by atoms with van der Waals surface area (Å²) >= 11 is 0. The number of carbonyl (C=O) groups excluding carboxylic acids is 2. The van der Waals surface area contributed by atoms with Crippen LogP contribution in [0.15, 0.2) is 66.7 Å². The zero-order valence-corrected chi connectivity index (χ0v) is 17.6. The molecule has 3 aromatic carbocycles. The molecule has 1 heterocycles. The van der Waals surface area contributed by atoms with E-state index in [2.05, 4.69) is 15.5 Å². The van der Waals surface area contributed by atoms with Crippen LogP contribution in [0.1, 0.15) is 12.5 Å². The number of fused-ring (bicyclic) bond motifs is 1. The van der Waals surface area contributed by atoms with Gasteiger partial charge in [-0.15, -0.1) is 0 Å². The standard InChI is InChI=1S/C25H27N3O3/c1-18(26-24(29)17-20-9-6-8-19-7-2-3-10-21(19)20)25(30)27-22-11-4-5-12-23(22)28-13-15-31-16-14-28/h2-12,18H,13-17H2,1H3,(H,26,29)(H,27,30). The molecule has 0 aromatic heterocycles. The predicted octanol–water partition coefficient (Wildman–Crippen LogP) is 3.36. The summed E-state index contributed by atoms with van der Waals surface area (Å²) in [5, 5.41) is 7.95.